The van der Waals surface area contributed by atoms with Crippen molar-refractivity contribution >= 4 is 5.82 Å². The van der Waals surface area contributed by atoms with Crippen LogP contribution < -0.4 is 16.6 Å². The van der Waals surface area contributed by atoms with E-state index in [4.69, 9.17) is 0 Å². The highest BCUT2D eigenvalue weighted by Crippen LogP contribution is 2.17. The first-order valence-corrected chi connectivity index (χ1v) is 5.60. The maximum Gasteiger partial charge on any atom is 0.346 e. The van der Waals surface area contributed by atoms with Crippen LogP contribution in [0.25, 0.3) is 0 Å². The largest absolute Gasteiger partial charge is 0.364 e. The molecule has 6 heteroatoms. The van der Waals surface area contributed by atoms with Gasteiger partial charge in [-0.15, -0.1) is 5.10 Å². The monoisotopic (exact) mass is 240 g/mol. The summed E-state index contributed by atoms with van der Waals surface area (Å²) in [5.41, 5.74) is -0.614. The van der Waals surface area contributed by atoms with Gasteiger partial charge in [0.15, 0.2) is 0 Å². The van der Waals surface area contributed by atoms with E-state index < -0.39 is 5.69 Å². The fourth-order valence-electron chi connectivity index (χ4n) is 1.37. The molecule has 17 heavy (non-hydrogen) atoms. The zero-order valence-corrected chi connectivity index (χ0v) is 11.1. The van der Waals surface area contributed by atoms with Crippen LogP contribution in [0, 0.1) is 5.41 Å². The molecule has 1 N–H and O–H groups in total. The number of nitrogens with one attached hydrogen (secondary N) is 1. The summed E-state index contributed by atoms with van der Waals surface area (Å²) in [6.07, 6.45) is 0.917. The van der Waals surface area contributed by atoms with E-state index in [0.29, 0.717) is 6.54 Å². The lowest BCUT2D eigenvalue weighted by Gasteiger charge is -2.18. The molecule has 0 radical (unpaired) electrons. The van der Waals surface area contributed by atoms with Crippen LogP contribution in [0.3, 0.4) is 0 Å². The summed E-state index contributed by atoms with van der Waals surface area (Å²) < 4.78 is 2.20. The van der Waals surface area contributed by atoms with E-state index in [0.717, 1.165) is 15.7 Å². The molecule has 1 rings (SSSR count). The van der Waals surface area contributed by atoms with E-state index in [9.17, 15) is 9.59 Å². The van der Waals surface area contributed by atoms with Crippen LogP contribution >= 0.6 is 0 Å². The lowest BCUT2D eigenvalue weighted by molar-refractivity contribution is 0.389. The molecule has 0 aliphatic heterocycles. The molecule has 0 atom stereocenters. The summed E-state index contributed by atoms with van der Waals surface area (Å²) in [7, 11) is 2.97. The normalized spacial score (nSPS) is 11.6. The number of anilines is 1. The molecule has 0 saturated carbocycles. The Morgan fingerprint density at radius 2 is 1.82 bits per heavy atom. The third kappa shape index (κ3) is 3.44. The van der Waals surface area contributed by atoms with Crippen LogP contribution in [-0.4, -0.2) is 20.9 Å². The van der Waals surface area contributed by atoms with E-state index in [2.05, 4.69) is 31.2 Å². The van der Waals surface area contributed by atoms with Crippen molar-refractivity contribution in [2.45, 2.75) is 27.2 Å². The van der Waals surface area contributed by atoms with E-state index in [1.165, 1.54) is 14.1 Å². The summed E-state index contributed by atoms with van der Waals surface area (Å²) in [6.45, 7) is 7.03. The molecule has 0 fully saturated rings. The van der Waals surface area contributed by atoms with Crippen molar-refractivity contribution in [2.24, 2.45) is 19.5 Å². The van der Waals surface area contributed by atoms with Crippen molar-refractivity contribution in [3.8, 4) is 0 Å². The summed E-state index contributed by atoms with van der Waals surface area (Å²) in [5.74, 6) is 0.221. The standard InChI is InChI=1S/C11H20N4O2/c1-11(2,3)6-7-12-8-9(16)14(4)10(17)15(5)13-8/h6-7H2,1-5H3,(H,12,13). The van der Waals surface area contributed by atoms with Gasteiger partial charge in [0.25, 0.3) is 5.56 Å². The first kappa shape index (κ1) is 13.5. The van der Waals surface area contributed by atoms with Crippen LogP contribution in [-0.2, 0) is 14.1 Å². The van der Waals surface area contributed by atoms with Gasteiger partial charge in [-0.05, 0) is 11.8 Å². The summed E-state index contributed by atoms with van der Waals surface area (Å²) in [4.78, 5) is 23.1. The third-order valence-electron chi connectivity index (χ3n) is 2.49. The van der Waals surface area contributed by atoms with E-state index in [1.54, 1.807) is 0 Å². The van der Waals surface area contributed by atoms with Crippen LogP contribution in [0.5, 0.6) is 0 Å². The Morgan fingerprint density at radius 3 is 2.35 bits per heavy atom. The van der Waals surface area contributed by atoms with Crippen LogP contribution in [0.1, 0.15) is 27.2 Å². The molecule has 0 saturated heterocycles. The van der Waals surface area contributed by atoms with Crippen LogP contribution in [0.2, 0.25) is 0 Å². The Hall–Kier alpha value is -1.59. The Kier molecular flexibility index (Phi) is 3.75. The minimum absolute atomic E-state index is 0.193. The maximum absolute atomic E-state index is 11.7. The maximum atomic E-state index is 11.7. The minimum atomic E-state index is -0.420. The molecule has 0 amide bonds. The van der Waals surface area contributed by atoms with E-state index in [1.807, 2.05) is 0 Å². The van der Waals surface area contributed by atoms with Gasteiger partial charge in [-0.3, -0.25) is 9.36 Å². The van der Waals surface area contributed by atoms with Gasteiger partial charge in [-0.25, -0.2) is 9.48 Å². The van der Waals surface area contributed by atoms with E-state index >= 15 is 0 Å². The van der Waals surface area contributed by atoms with Crippen molar-refractivity contribution in [2.75, 3.05) is 11.9 Å². The molecule has 1 heterocycles. The Morgan fingerprint density at radius 1 is 1.24 bits per heavy atom. The Bertz CT molecular complexity index is 508. The summed E-state index contributed by atoms with van der Waals surface area (Å²) in [5, 5.41) is 6.89. The fourth-order valence-corrected chi connectivity index (χ4v) is 1.37. The van der Waals surface area contributed by atoms with Crippen molar-refractivity contribution < 1.29 is 0 Å². The summed E-state index contributed by atoms with van der Waals surface area (Å²) in [6, 6.07) is 0. The molecule has 0 unspecified atom stereocenters. The molecular formula is C11H20N4O2. The minimum Gasteiger partial charge on any atom is -0.364 e. The Balaban J connectivity index is 2.87. The highest BCUT2D eigenvalue weighted by molar-refractivity contribution is 5.29. The quantitative estimate of drug-likeness (QED) is 0.826. The topological polar surface area (TPSA) is 68.9 Å². The van der Waals surface area contributed by atoms with Crippen molar-refractivity contribution in [1.82, 2.24) is 14.3 Å². The fraction of sp³-hybridized carbons (Fsp3) is 0.727. The van der Waals surface area contributed by atoms with Crippen LogP contribution in [0.15, 0.2) is 9.59 Å². The lowest BCUT2D eigenvalue weighted by atomic mass is 9.92. The van der Waals surface area contributed by atoms with Gasteiger partial charge in [0.05, 0.1) is 0 Å². The average molecular weight is 240 g/mol. The average Bonchev–Trinajstić information content (AvgIpc) is 2.21. The number of aryl methyl sites for hydroxylation is 1. The van der Waals surface area contributed by atoms with Crippen LogP contribution in [0.4, 0.5) is 5.82 Å². The molecule has 1 aromatic rings. The van der Waals surface area contributed by atoms with Gasteiger partial charge in [0.1, 0.15) is 0 Å². The van der Waals surface area contributed by atoms with Gasteiger partial charge in [-0.2, -0.15) is 0 Å². The molecule has 0 aromatic carbocycles. The van der Waals surface area contributed by atoms with Crippen molar-refractivity contribution in [1.29, 1.82) is 0 Å². The van der Waals surface area contributed by atoms with Gasteiger partial charge >= 0.3 is 5.69 Å². The third-order valence-corrected chi connectivity index (χ3v) is 2.49. The summed E-state index contributed by atoms with van der Waals surface area (Å²) >= 11 is 0. The van der Waals surface area contributed by atoms with Gasteiger partial charge < -0.3 is 5.32 Å². The second kappa shape index (κ2) is 4.73. The van der Waals surface area contributed by atoms with Crippen molar-refractivity contribution in [3.05, 3.63) is 20.8 Å². The molecule has 0 aliphatic carbocycles. The second-order valence-electron chi connectivity index (χ2n) is 5.36. The van der Waals surface area contributed by atoms with Gasteiger partial charge in [0.2, 0.25) is 5.82 Å². The number of nitrogens with zero attached hydrogens (tertiary/aromatic N) is 3. The smallest absolute Gasteiger partial charge is 0.346 e. The molecule has 6 nitrogen and oxygen atoms in total. The van der Waals surface area contributed by atoms with Gasteiger partial charge in [-0.1, -0.05) is 20.8 Å². The number of hydrogen-bond acceptors (Lipinski definition) is 4. The SMILES string of the molecule is Cn1nc(NCCC(C)(C)C)c(=O)n(C)c1=O. The molecule has 0 bridgehead atoms. The predicted octanol–water partition coefficient (Wildman–Crippen LogP) is 0.327. The molecule has 0 aliphatic rings. The molecular weight excluding hydrogens is 220 g/mol. The number of rotatable bonds is 3. The lowest BCUT2D eigenvalue weighted by Crippen LogP contribution is -2.40. The number of hydrogen-bond donors (Lipinski definition) is 1. The highest BCUT2D eigenvalue weighted by Gasteiger charge is 2.12. The van der Waals surface area contributed by atoms with E-state index in [-0.39, 0.29) is 16.8 Å². The Labute approximate surface area is 100 Å². The van der Waals surface area contributed by atoms with Gasteiger partial charge in [0, 0.05) is 20.6 Å². The number of aromatic nitrogens is 3. The zero-order chi connectivity index (χ0) is 13.2. The second-order valence-corrected chi connectivity index (χ2v) is 5.36. The molecule has 1 aromatic heterocycles. The zero-order valence-electron chi connectivity index (χ0n) is 11.1. The molecule has 0 spiro atoms. The predicted molar refractivity (Wildman–Crippen MR) is 67.3 cm³/mol. The molecule has 96 valence electrons. The first-order valence-electron chi connectivity index (χ1n) is 5.60. The highest BCUT2D eigenvalue weighted by atomic mass is 16.2. The first-order chi connectivity index (χ1) is 7.72. The van der Waals surface area contributed by atoms with Crippen molar-refractivity contribution in [3.63, 3.8) is 0 Å².